The van der Waals surface area contributed by atoms with Crippen LogP contribution in [0.5, 0.6) is 5.75 Å². The van der Waals surface area contributed by atoms with Crippen molar-refractivity contribution in [3.63, 3.8) is 0 Å². The van der Waals surface area contributed by atoms with Crippen molar-refractivity contribution >= 4 is 16.6 Å². The van der Waals surface area contributed by atoms with E-state index >= 15 is 0 Å². The number of nitrogen functional groups attached to an aromatic ring is 1. The van der Waals surface area contributed by atoms with Crippen molar-refractivity contribution in [2.45, 2.75) is 6.92 Å². The summed E-state index contributed by atoms with van der Waals surface area (Å²) in [7, 11) is 1.68. The molecular formula is C17H16N2O. The number of hydrogen-bond acceptors (Lipinski definition) is 3. The number of nitrogens with two attached hydrogens (primary N) is 1. The second-order valence-electron chi connectivity index (χ2n) is 4.85. The number of rotatable bonds is 2. The smallest absolute Gasteiger partial charge is 0.123 e. The zero-order chi connectivity index (χ0) is 14.1. The molecule has 3 aromatic rings. The first-order chi connectivity index (χ1) is 9.67. The number of pyridine rings is 1. The number of aryl methyl sites for hydroxylation is 1. The lowest BCUT2D eigenvalue weighted by Crippen LogP contribution is -1.92. The summed E-state index contributed by atoms with van der Waals surface area (Å²) in [4.78, 5) is 4.18. The van der Waals surface area contributed by atoms with Crippen LogP contribution in [-0.2, 0) is 0 Å². The molecule has 3 heteroatoms. The third-order valence-electron chi connectivity index (χ3n) is 3.49. The van der Waals surface area contributed by atoms with E-state index in [0.717, 1.165) is 27.8 Å². The van der Waals surface area contributed by atoms with Crippen LogP contribution in [0.25, 0.3) is 21.9 Å². The van der Waals surface area contributed by atoms with Crippen LogP contribution in [-0.4, -0.2) is 12.1 Å². The van der Waals surface area contributed by atoms with Crippen molar-refractivity contribution < 1.29 is 4.74 Å². The lowest BCUT2D eigenvalue weighted by Gasteiger charge is -2.08. The maximum Gasteiger partial charge on any atom is 0.123 e. The summed E-state index contributed by atoms with van der Waals surface area (Å²) in [5.74, 6) is 1.42. The molecule has 0 saturated carbocycles. The Labute approximate surface area is 118 Å². The van der Waals surface area contributed by atoms with Crippen LogP contribution in [0.3, 0.4) is 0 Å². The molecule has 0 saturated heterocycles. The molecule has 0 unspecified atom stereocenters. The van der Waals surface area contributed by atoms with E-state index in [0.29, 0.717) is 5.82 Å². The van der Waals surface area contributed by atoms with Gasteiger partial charge in [-0.2, -0.15) is 0 Å². The molecule has 1 aromatic heterocycles. The number of fused-ring (bicyclic) bond motifs is 1. The fraction of sp³-hybridized carbons (Fsp3) is 0.118. The summed E-state index contributed by atoms with van der Waals surface area (Å²) >= 11 is 0. The summed E-state index contributed by atoms with van der Waals surface area (Å²) in [6.45, 7) is 2.05. The molecule has 20 heavy (non-hydrogen) atoms. The molecule has 3 nitrogen and oxygen atoms in total. The Hall–Kier alpha value is -2.55. The summed E-state index contributed by atoms with van der Waals surface area (Å²) in [6.07, 6.45) is 1.83. The van der Waals surface area contributed by atoms with Crippen LogP contribution in [0.4, 0.5) is 5.82 Å². The highest BCUT2D eigenvalue weighted by Gasteiger charge is 2.05. The number of ether oxygens (including phenoxy) is 1. The molecule has 0 fully saturated rings. The second-order valence-corrected chi connectivity index (χ2v) is 4.85. The fourth-order valence-electron chi connectivity index (χ4n) is 2.40. The lowest BCUT2D eigenvalue weighted by molar-refractivity contribution is 0.415. The molecule has 0 aliphatic carbocycles. The minimum Gasteiger partial charge on any atom is -0.497 e. The first kappa shape index (κ1) is 12.5. The van der Waals surface area contributed by atoms with Crippen molar-refractivity contribution in [1.82, 2.24) is 4.98 Å². The molecule has 0 spiro atoms. The first-order valence-corrected chi connectivity index (χ1v) is 6.47. The molecule has 2 N–H and O–H groups in total. The Bertz CT molecular complexity index is 781. The number of aromatic nitrogens is 1. The molecule has 0 aliphatic heterocycles. The average molecular weight is 264 g/mol. The van der Waals surface area contributed by atoms with Gasteiger partial charge in [0.05, 0.1) is 7.11 Å². The highest BCUT2D eigenvalue weighted by molar-refractivity contribution is 5.88. The summed E-state index contributed by atoms with van der Waals surface area (Å²) in [5, 5.41) is 2.34. The van der Waals surface area contributed by atoms with Crippen LogP contribution >= 0.6 is 0 Å². The van der Waals surface area contributed by atoms with Crippen LogP contribution in [0.2, 0.25) is 0 Å². The molecule has 0 aliphatic rings. The van der Waals surface area contributed by atoms with Gasteiger partial charge in [-0.25, -0.2) is 4.98 Å². The predicted octanol–water partition coefficient (Wildman–Crippen LogP) is 3.80. The van der Waals surface area contributed by atoms with E-state index in [9.17, 15) is 0 Å². The number of methoxy groups -OCH3 is 1. The molecule has 2 aromatic carbocycles. The number of benzene rings is 2. The topological polar surface area (TPSA) is 48.1 Å². The summed E-state index contributed by atoms with van der Waals surface area (Å²) in [6, 6.07) is 14.3. The Morgan fingerprint density at radius 3 is 2.50 bits per heavy atom. The van der Waals surface area contributed by atoms with E-state index in [4.69, 9.17) is 10.5 Å². The van der Waals surface area contributed by atoms with Crippen molar-refractivity contribution in [2.75, 3.05) is 12.8 Å². The molecule has 100 valence electrons. The Morgan fingerprint density at radius 1 is 1.00 bits per heavy atom. The van der Waals surface area contributed by atoms with E-state index in [2.05, 4.69) is 29.2 Å². The highest BCUT2D eigenvalue weighted by atomic mass is 16.5. The Balaban J connectivity index is 2.13. The third-order valence-corrected chi connectivity index (χ3v) is 3.49. The van der Waals surface area contributed by atoms with E-state index in [1.54, 1.807) is 7.11 Å². The van der Waals surface area contributed by atoms with Crippen molar-refractivity contribution in [1.29, 1.82) is 0 Å². The van der Waals surface area contributed by atoms with Gasteiger partial charge in [0.1, 0.15) is 11.6 Å². The molecule has 3 rings (SSSR count). The van der Waals surface area contributed by atoms with Gasteiger partial charge in [-0.1, -0.05) is 18.2 Å². The number of nitrogens with zero attached hydrogens (tertiary/aromatic N) is 1. The normalized spacial score (nSPS) is 10.7. The largest absolute Gasteiger partial charge is 0.497 e. The SMILES string of the molecule is COc1ccc2cc(-c3cnc(N)cc3C)ccc2c1. The van der Waals surface area contributed by atoms with Gasteiger partial charge in [-0.15, -0.1) is 0 Å². The number of hydrogen-bond donors (Lipinski definition) is 1. The van der Waals surface area contributed by atoms with Gasteiger partial charge >= 0.3 is 0 Å². The highest BCUT2D eigenvalue weighted by Crippen LogP contribution is 2.28. The van der Waals surface area contributed by atoms with Crippen molar-refractivity contribution in [3.8, 4) is 16.9 Å². The molecule has 1 heterocycles. The zero-order valence-corrected chi connectivity index (χ0v) is 11.6. The Morgan fingerprint density at radius 2 is 1.75 bits per heavy atom. The number of anilines is 1. The van der Waals surface area contributed by atoms with Gasteiger partial charge in [-0.3, -0.25) is 0 Å². The van der Waals surface area contributed by atoms with Crippen LogP contribution in [0.15, 0.2) is 48.7 Å². The van der Waals surface area contributed by atoms with Crippen LogP contribution < -0.4 is 10.5 Å². The van der Waals surface area contributed by atoms with Crippen molar-refractivity contribution in [3.05, 3.63) is 54.2 Å². The lowest BCUT2D eigenvalue weighted by atomic mass is 9.99. The maximum atomic E-state index is 5.70. The molecule has 0 amide bonds. The fourth-order valence-corrected chi connectivity index (χ4v) is 2.40. The quantitative estimate of drug-likeness (QED) is 0.765. The molecular weight excluding hydrogens is 248 g/mol. The minimum atomic E-state index is 0.553. The van der Waals surface area contributed by atoms with Crippen LogP contribution in [0, 0.1) is 6.92 Å². The molecule has 0 atom stereocenters. The maximum absolute atomic E-state index is 5.70. The van der Waals surface area contributed by atoms with Gasteiger partial charge in [0, 0.05) is 11.8 Å². The average Bonchev–Trinajstić information content (AvgIpc) is 2.46. The van der Waals surface area contributed by atoms with Gasteiger partial charge in [0.25, 0.3) is 0 Å². The first-order valence-electron chi connectivity index (χ1n) is 6.47. The van der Waals surface area contributed by atoms with E-state index in [1.807, 2.05) is 31.3 Å². The standard InChI is InChI=1S/C17H16N2O/c1-11-7-17(18)19-10-16(11)14-4-3-13-9-15(20-2)6-5-12(13)8-14/h3-10H,1-2H3,(H2,18,19). The monoisotopic (exact) mass is 264 g/mol. The summed E-state index contributed by atoms with van der Waals surface area (Å²) < 4.78 is 5.25. The summed E-state index contributed by atoms with van der Waals surface area (Å²) in [5.41, 5.74) is 9.09. The zero-order valence-electron chi connectivity index (χ0n) is 11.6. The third kappa shape index (κ3) is 2.18. The van der Waals surface area contributed by atoms with E-state index in [-0.39, 0.29) is 0 Å². The van der Waals surface area contributed by atoms with Gasteiger partial charge in [0.15, 0.2) is 0 Å². The Kier molecular flexibility index (Phi) is 3.03. The van der Waals surface area contributed by atoms with Gasteiger partial charge in [0.2, 0.25) is 0 Å². The van der Waals surface area contributed by atoms with Gasteiger partial charge in [-0.05, 0) is 53.1 Å². The molecule has 0 bridgehead atoms. The molecule has 0 radical (unpaired) electrons. The second kappa shape index (κ2) is 4.85. The minimum absolute atomic E-state index is 0.553. The van der Waals surface area contributed by atoms with Crippen molar-refractivity contribution in [2.24, 2.45) is 0 Å². The van der Waals surface area contributed by atoms with E-state index in [1.165, 1.54) is 5.39 Å². The van der Waals surface area contributed by atoms with Gasteiger partial charge < -0.3 is 10.5 Å². The predicted molar refractivity (Wildman–Crippen MR) is 82.9 cm³/mol. The van der Waals surface area contributed by atoms with Crippen LogP contribution in [0.1, 0.15) is 5.56 Å². The van der Waals surface area contributed by atoms with E-state index < -0.39 is 0 Å².